The molecule has 4 rings (SSSR count). The number of benzene rings is 2. The van der Waals surface area contributed by atoms with Gasteiger partial charge in [0.05, 0.1) is 5.69 Å². The van der Waals surface area contributed by atoms with Crippen LogP contribution in [0.25, 0.3) is 16.2 Å². The van der Waals surface area contributed by atoms with Gasteiger partial charge in [-0.05, 0) is 43.2 Å². The van der Waals surface area contributed by atoms with Gasteiger partial charge in [-0.25, -0.2) is 4.98 Å². The summed E-state index contributed by atoms with van der Waals surface area (Å²) in [6.45, 7) is 3.94. The van der Waals surface area contributed by atoms with Crippen LogP contribution >= 0.6 is 11.3 Å². The third-order valence-electron chi connectivity index (χ3n) is 4.26. The molecule has 0 radical (unpaired) electrons. The van der Waals surface area contributed by atoms with E-state index in [1.807, 2.05) is 78.5 Å². The van der Waals surface area contributed by atoms with Crippen LogP contribution in [-0.2, 0) is 4.79 Å². The van der Waals surface area contributed by atoms with E-state index in [2.05, 4.69) is 10.3 Å². The number of nitrogens with one attached hydrogen (secondary N) is 1. The van der Waals surface area contributed by atoms with Gasteiger partial charge < -0.3 is 10.1 Å². The summed E-state index contributed by atoms with van der Waals surface area (Å²) >= 11 is 1.60. The first-order chi connectivity index (χ1) is 13.1. The molecule has 1 amide bonds. The van der Waals surface area contributed by atoms with Crippen molar-refractivity contribution >= 4 is 27.9 Å². The lowest BCUT2D eigenvalue weighted by molar-refractivity contribution is -0.118. The minimum atomic E-state index is -0.189. The molecule has 5 nitrogen and oxygen atoms in total. The molecule has 0 saturated carbocycles. The Morgan fingerprint density at radius 3 is 2.78 bits per heavy atom. The van der Waals surface area contributed by atoms with Crippen molar-refractivity contribution in [3.05, 3.63) is 71.4 Å². The van der Waals surface area contributed by atoms with Gasteiger partial charge in [0.15, 0.2) is 11.6 Å². The maximum atomic E-state index is 12.2. The molecule has 0 atom stereocenters. The number of rotatable bonds is 5. The Hall–Kier alpha value is -3.12. The number of fused-ring (bicyclic) bond motifs is 1. The lowest BCUT2D eigenvalue weighted by atomic mass is 10.1. The van der Waals surface area contributed by atoms with Crippen LogP contribution in [0.5, 0.6) is 5.75 Å². The maximum absolute atomic E-state index is 12.2. The maximum Gasteiger partial charge on any atom is 0.262 e. The summed E-state index contributed by atoms with van der Waals surface area (Å²) in [6.07, 6.45) is 3.98. The number of imidazole rings is 1. The number of hydrogen-bond donors (Lipinski definition) is 1. The fraction of sp³-hybridized carbons (Fsp3) is 0.143. The minimum Gasteiger partial charge on any atom is -0.483 e. The molecule has 136 valence electrons. The summed E-state index contributed by atoms with van der Waals surface area (Å²) in [4.78, 5) is 17.7. The highest BCUT2D eigenvalue weighted by molar-refractivity contribution is 7.15. The number of aryl methyl sites for hydroxylation is 2. The molecule has 0 spiro atoms. The van der Waals surface area contributed by atoms with Crippen LogP contribution < -0.4 is 10.1 Å². The Balaban J connectivity index is 1.38. The topological polar surface area (TPSA) is 55.6 Å². The second-order valence-electron chi connectivity index (χ2n) is 6.40. The van der Waals surface area contributed by atoms with Crippen molar-refractivity contribution in [1.29, 1.82) is 0 Å². The Labute approximate surface area is 161 Å². The zero-order chi connectivity index (χ0) is 18.8. The number of hydrogen-bond acceptors (Lipinski definition) is 4. The van der Waals surface area contributed by atoms with E-state index < -0.39 is 0 Å². The van der Waals surface area contributed by atoms with E-state index in [-0.39, 0.29) is 12.5 Å². The van der Waals surface area contributed by atoms with Crippen LogP contribution in [0, 0.1) is 13.8 Å². The van der Waals surface area contributed by atoms with Crippen molar-refractivity contribution in [3.63, 3.8) is 0 Å². The zero-order valence-electron chi connectivity index (χ0n) is 15.1. The van der Waals surface area contributed by atoms with Gasteiger partial charge in [0.1, 0.15) is 5.75 Å². The highest BCUT2D eigenvalue weighted by atomic mass is 32.1. The second kappa shape index (κ2) is 7.25. The summed E-state index contributed by atoms with van der Waals surface area (Å²) in [5.41, 5.74) is 4.77. The smallest absolute Gasteiger partial charge is 0.262 e. The van der Waals surface area contributed by atoms with Crippen molar-refractivity contribution in [2.24, 2.45) is 0 Å². The van der Waals surface area contributed by atoms with Crippen molar-refractivity contribution in [2.75, 3.05) is 11.9 Å². The third kappa shape index (κ3) is 3.85. The van der Waals surface area contributed by atoms with Gasteiger partial charge in [-0.15, -0.1) is 11.3 Å². The summed E-state index contributed by atoms with van der Waals surface area (Å²) in [5.74, 6) is 0.548. The number of anilines is 1. The second-order valence-corrected chi connectivity index (χ2v) is 7.28. The molecular formula is C21H19N3O2S. The number of carbonyl (C=O) groups is 1. The molecule has 0 aliphatic rings. The van der Waals surface area contributed by atoms with Crippen LogP contribution in [0.15, 0.2) is 60.2 Å². The largest absolute Gasteiger partial charge is 0.483 e. The molecule has 0 fully saturated rings. The number of ether oxygens (including phenoxy) is 1. The van der Waals surface area contributed by atoms with E-state index in [0.29, 0.717) is 0 Å². The van der Waals surface area contributed by atoms with Gasteiger partial charge in [0.25, 0.3) is 5.91 Å². The van der Waals surface area contributed by atoms with Crippen LogP contribution in [0.1, 0.15) is 11.1 Å². The molecule has 0 unspecified atom stereocenters. The first-order valence-electron chi connectivity index (χ1n) is 8.61. The van der Waals surface area contributed by atoms with E-state index in [4.69, 9.17) is 4.74 Å². The predicted molar refractivity (Wildman–Crippen MR) is 109 cm³/mol. The summed E-state index contributed by atoms with van der Waals surface area (Å²) in [5, 5.41) is 4.86. The molecule has 2 aromatic carbocycles. The van der Waals surface area contributed by atoms with Gasteiger partial charge >= 0.3 is 0 Å². The van der Waals surface area contributed by atoms with E-state index in [0.717, 1.165) is 38.8 Å². The summed E-state index contributed by atoms with van der Waals surface area (Å²) in [6, 6.07) is 13.6. The Kier molecular flexibility index (Phi) is 4.64. The monoisotopic (exact) mass is 377 g/mol. The molecule has 6 heteroatoms. The Morgan fingerprint density at radius 1 is 1.19 bits per heavy atom. The molecule has 0 bridgehead atoms. The van der Waals surface area contributed by atoms with Gasteiger partial charge in [-0.1, -0.05) is 24.3 Å². The molecule has 1 N–H and O–H groups in total. The van der Waals surface area contributed by atoms with Crippen LogP contribution in [0.3, 0.4) is 0 Å². The fourth-order valence-corrected chi connectivity index (χ4v) is 3.49. The molecule has 2 aromatic heterocycles. The van der Waals surface area contributed by atoms with Crippen molar-refractivity contribution in [3.8, 4) is 17.0 Å². The molecule has 27 heavy (non-hydrogen) atoms. The first-order valence-corrected chi connectivity index (χ1v) is 9.49. The Morgan fingerprint density at radius 2 is 2.00 bits per heavy atom. The highest BCUT2D eigenvalue weighted by Gasteiger charge is 2.08. The SMILES string of the molecule is Cc1ccc(C)c(OCC(=O)Nc2ccc(-c3cn4ccsc4n3)cc2)c1. The van der Waals surface area contributed by atoms with Crippen LogP contribution in [0.2, 0.25) is 0 Å². The number of amides is 1. The van der Waals surface area contributed by atoms with Gasteiger partial charge in [0, 0.05) is 29.0 Å². The average molecular weight is 377 g/mol. The summed E-state index contributed by atoms with van der Waals surface area (Å²) < 4.78 is 7.65. The van der Waals surface area contributed by atoms with Crippen molar-refractivity contribution in [1.82, 2.24) is 9.38 Å². The van der Waals surface area contributed by atoms with E-state index in [9.17, 15) is 4.79 Å². The van der Waals surface area contributed by atoms with Crippen molar-refractivity contribution in [2.45, 2.75) is 13.8 Å². The average Bonchev–Trinajstić information content (AvgIpc) is 3.25. The van der Waals surface area contributed by atoms with Crippen LogP contribution in [-0.4, -0.2) is 21.9 Å². The molecule has 0 aliphatic carbocycles. The lowest BCUT2D eigenvalue weighted by Gasteiger charge is -2.10. The first kappa shape index (κ1) is 17.3. The highest BCUT2D eigenvalue weighted by Crippen LogP contribution is 2.23. The molecule has 4 aromatic rings. The van der Waals surface area contributed by atoms with E-state index in [1.165, 1.54) is 0 Å². The molecule has 0 saturated heterocycles. The van der Waals surface area contributed by atoms with Gasteiger partial charge in [-0.3, -0.25) is 9.20 Å². The summed E-state index contributed by atoms with van der Waals surface area (Å²) in [7, 11) is 0. The molecule has 2 heterocycles. The molecule has 0 aliphatic heterocycles. The molecular weight excluding hydrogens is 358 g/mol. The van der Waals surface area contributed by atoms with Gasteiger partial charge in [-0.2, -0.15) is 0 Å². The number of aromatic nitrogens is 2. The van der Waals surface area contributed by atoms with Crippen molar-refractivity contribution < 1.29 is 9.53 Å². The predicted octanol–water partition coefficient (Wildman–Crippen LogP) is 4.70. The standard InChI is InChI=1S/C21H19N3O2S/c1-14-3-4-15(2)19(11-14)26-13-20(25)22-17-7-5-16(6-8-17)18-12-24-9-10-27-21(24)23-18/h3-12H,13H2,1-2H3,(H,22,25). The number of carbonyl (C=O) groups excluding carboxylic acids is 1. The van der Waals surface area contributed by atoms with E-state index in [1.54, 1.807) is 11.3 Å². The van der Waals surface area contributed by atoms with Gasteiger partial charge in [0.2, 0.25) is 0 Å². The van der Waals surface area contributed by atoms with E-state index >= 15 is 0 Å². The Bertz CT molecular complexity index is 1070. The third-order valence-corrected chi connectivity index (χ3v) is 5.03. The number of thiazole rings is 1. The zero-order valence-corrected chi connectivity index (χ0v) is 15.9. The number of nitrogens with zero attached hydrogens (tertiary/aromatic N) is 2. The quantitative estimate of drug-likeness (QED) is 0.549. The lowest BCUT2D eigenvalue weighted by Crippen LogP contribution is -2.20. The normalized spacial score (nSPS) is 10.9. The minimum absolute atomic E-state index is 0.0244. The van der Waals surface area contributed by atoms with Crippen LogP contribution in [0.4, 0.5) is 5.69 Å². The fourth-order valence-electron chi connectivity index (χ4n) is 2.79.